The molecule has 2 rings (SSSR count). The quantitative estimate of drug-likeness (QED) is 0.798. The number of anilines is 1. The molecule has 1 aromatic carbocycles. The smallest absolute Gasteiger partial charge is 0.310 e. The molecule has 0 saturated heterocycles. The second kappa shape index (κ2) is 6.44. The highest BCUT2D eigenvalue weighted by molar-refractivity contribution is 7.93. The zero-order valence-corrected chi connectivity index (χ0v) is 12.6. The van der Waals surface area contributed by atoms with Gasteiger partial charge >= 0.3 is 5.97 Å². The Morgan fingerprint density at radius 1 is 1.33 bits per heavy atom. The molecule has 0 aromatic heterocycles. The summed E-state index contributed by atoms with van der Waals surface area (Å²) >= 11 is 0. The monoisotopic (exact) mass is 313 g/mol. The van der Waals surface area contributed by atoms with Crippen LogP contribution in [0.2, 0.25) is 0 Å². The maximum Gasteiger partial charge on any atom is 0.310 e. The van der Waals surface area contributed by atoms with E-state index in [1.54, 1.807) is 24.3 Å². The highest BCUT2D eigenvalue weighted by Crippen LogP contribution is 2.33. The highest BCUT2D eigenvalue weighted by atomic mass is 32.2. The molecule has 116 valence electrons. The normalized spacial score (nSPS) is 22.0. The maximum absolute atomic E-state index is 12.4. The van der Waals surface area contributed by atoms with E-state index in [0.717, 1.165) is 0 Å². The molecule has 2 atom stereocenters. The summed E-state index contributed by atoms with van der Waals surface area (Å²) in [6.45, 7) is -0.0972. The lowest BCUT2D eigenvalue weighted by Gasteiger charge is -2.19. The van der Waals surface area contributed by atoms with Crippen LogP contribution in [0.5, 0.6) is 0 Å². The van der Waals surface area contributed by atoms with Crippen LogP contribution in [-0.2, 0) is 26.2 Å². The summed E-state index contributed by atoms with van der Waals surface area (Å²) in [5.41, 5.74) is 1.12. The molecule has 6 nitrogen and oxygen atoms in total. The topological polar surface area (TPSA) is 92.7 Å². The lowest BCUT2D eigenvalue weighted by atomic mass is 10.1. The zero-order chi connectivity index (χ0) is 15.5. The number of rotatable bonds is 5. The Balaban J connectivity index is 2.15. The summed E-state index contributed by atoms with van der Waals surface area (Å²) in [5.74, 6) is -1.08. The molecule has 1 aliphatic carbocycles. The standard InChI is InChI=1S/C14H19NO5S/c1-20-14(17)12-3-2-4-13(12)21(18,19)15-11-7-5-10(9-16)6-8-11/h5-8,12-13,15-16H,2-4,9H2,1H3. The van der Waals surface area contributed by atoms with Gasteiger partial charge in [0.1, 0.15) is 0 Å². The summed E-state index contributed by atoms with van der Waals surface area (Å²) in [5, 5.41) is 8.20. The van der Waals surface area contributed by atoms with Crippen LogP contribution in [0.15, 0.2) is 24.3 Å². The number of hydrogen-bond acceptors (Lipinski definition) is 5. The third kappa shape index (κ3) is 3.54. The van der Waals surface area contributed by atoms with Gasteiger partial charge in [-0.1, -0.05) is 18.6 Å². The van der Waals surface area contributed by atoms with E-state index in [4.69, 9.17) is 5.11 Å². The van der Waals surface area contributed by atoms with Crippen LogP contribution in [0.1, 0.15) is 24.8 Å². The van der Waals surface area contributed by atoms with E-state index < -0.39 is 27.2 Å². The van der Waals surface area contributed by atoms with Crippen molar-refractivity contribution < 1.29 is 23.1 Å². The number of nitrogens with one attached hydrogen (secondary N) is 1. The molecular formula is C14H19NO5S. The number of methoxy groups -OCH3 is 1. The molecule has 2 unspecified atom stereocenters. The first-order chi connectivity index (χ1) is 9.97. The van der Waals surface area contributed by atoms with Crippen molar-refractivity contribution in [3.8, 4) is 0 Å². The molecule has 1 aliphatic rings. The van der Waals surface area contributed by atoms with Crippen molar-refractivity contribution in [2.75, 3.05) is 11.8 Å². The van der Waals surface area contributed by atoms with Crippen LogP contribution in [0.25, 0.3) is 0 Å². The van der Waals surface area contributed by atoms with Crippen LogP contribution < -0.4 is 4.72 Å². The molecule has 0 radical (unpaired) electrons. The Labute approximate surface area is 124 Å². The van der Waals surface area contributed by atoms with Gasteiger partial charge in [0, 0.05) is 5.69 Å². The van der Waals surface area contributed by atoms with E-state index in [0.29, 0.717) is 30.5 Å². The van der Waals surface area contributed by atoms with Crippen molar-refractivity contribution in [3.05, 3.63) is 29.8 Å². The molecule has 2 N–H and O–H groups in total. The SMILES string of the molecule is COC(=O)C1CCCC1S(=O)(=O)Nc1ccc(CO)cc1. The molecule has 1 aromatic rings. The van der Waals surface area contributed by atoms with E-state index in [1.165, 1.54) is 7.11 Å². The molecule has 0 bridgehead atoms. The van der Waals surface area contributed by atoms with E-state index in [9.17, 15) is 13.2 Å². The van der Waals surface area contributed by atoms with E-state index >= 15 is 0 Å². The van der Waals surface area contributed by atoms with Crippen molar-refractivity contribution in [1.82, 2.24) is 0 Å². The molecule has 0 aliphatic heterocycles. The largest absolute Gasteiger partial charge is 0.469 e. The molecule has 21 heavy (non-hydrogen) atoms. The Kier molecular flexibility index (Phi) is 4.84. The number of carbonyl (C=O) groups is 1. The summed E-state index contributed by atoms with van der Waals surface area (Å²) < 4.78 is 32.0. The van der Waals surface area contributed by atoms with Gasteiger partial charge in [0.15, 0.2) is 0 Å². The van der Waals surface area contributed by atoms with Gasteiger partial charge in [-0.05, 0) is 30.5 Å². The molecule has 1 saturated carbocycles. The lowest BCUT2D eigenvalue weighted by molar-refractivity contribution is -0.145. The van der Waals surface area contributed by atoms with Crippen molar-refractivity contribution in [2.45, 2.75) is 31.1 Å². The van der Waals surface area contributed by atoms with Gasteiger partial charge in [0.05, 0.1) is 24.9 Å². The molecule has 0 spiro atoms. The van der Waals surface area contributed by atoms with Gasteiger partial charge in [-0.15, -0.1) is 0 Å². The summed E-state index contributed by atoms with van der Waals surface area (Å²) in [6.07, 6.45) is 1.67. The Hall–Kier alpha value is -1.60. The van der Waals surface area contributed by atoms with Crippen molar-refractivity contribution >= 4 is 21.7 Å². The molecular weight excluding hydrogens is 294 g/mol. The third-order valence-corrected chi connectivity index (χ3v) is 5.63. The van der Waals surface area contributed by atoms with Crippen LogP contribution in [0.4, 0.5) is 5.69 Å². The van der Waals surface area contributed by atoms with E-state index in [-0.39, 0.29) is 6.61 Å². The number of aliphatic hydroxyl groups is 1. The molecule has 0 amide bonds. The van der Waals surface area contributed by atoms with Crippen molar-refractivity contribution in [3.63, 3.8) is 0 Å². The minimum absolute atomic E-state index is 0.0972. The van der Waals surface area contributed by atoms with Crippen LogP contribution in [0, 0.1) is 5.92 Å². The van der Waals surface area contributed by atoms with Gasteiger partial charge in [0.2, 0.25) is 10.0 Å². The fourth-order valence-corrected chi connectivity index (χ4v) is 4.41. The number of esters is 1. The van der Waals surface area contributed by atoms with Gasteiger partial charge in [-0.3, -0.25) is 9.52 Å². The first-order valence-electron chi connectivity index (χ1n) is 6.77. The number of sulfonamides is 1. The Bertz CT molecular complexity index is 596. The predicted molar refractivity (Wildman–Crippen MR) is 78.1 cm³/mol. The number of hydrogen-bond donors (Lipinski definition) is 2. The number of ether oxygens (including phenoxy) is 1. The average Bonchev–Trinajstić information content (AvgIpc) is 2.97. The van der Waals surface area contributed by atoms with Crippen molar-refractivity contribution in [1.29, 1.82) is 0 Å². The van der Waals surface area contributed by atoms with E-state index in [2.05, 4.69) is 9.46 Å². The number of carbonyl (C=O) groups excluding carboxylic acids is 1. The van der Waals surface area contributed by atoms with Gasteiger partial charge in [-0.25, -0.2) is 8.42 Å². The second-order valence-electron chi connectivity index (χ2n) is 5.10. The van der Waals surface area contributed by atoms with Crippen LogP contribution >= 0.6 is 0 Å². The Morgan fingerprint density at radius 3 is 2.57 bits per heavy atom. The minimum atomic E-state index is -3.65. The average molecular weight is 313 g/mol. The lowest BCUT2D eigenvalue weighted by Crippen LogP contribution is -2.35. The maximum atomic E-state index is 12.4. The zero-order valence-electron chi connectivity index (χ0n) is 11.8. The predicted octanol–water partition coefficient (Wildman–Crippen LogP) is 1.26. The molecule has 7 heteroatoms. The molecule has 1 fully saturated rings. The van der Waals surface area contributed by atoms with Crippen LogP contribution in [0.3, 0.4) is 0 Å². The highest BCUT2D eigenvalue weighted by Gasteiger charge is 2.42. The Morgan fingerprint density at radius 2 is 2.00 bits per heavy atom. The molecule has 0 heterocycles. The number of benzene rings is 1. The summed E-state index contributed by atoms with van der Waals surface area (Å²) in [4.78, 5) is 11.7. The first-order valence-corrected chi connectivity index (χ1v) is 8.32. The fraction of sp³-hybridized carbons (Fsp3) is 0.500. The number of aliphatic hydroxyl groups excluding tert-OH is 1. The van der Waals surface area contributed by atoms with Crippen molar-refractivity contribution in [2.24, 2.45) is 5.92 Å². The van der Waals surface area contributed by atoms with Gasteiger partial charge in [0.25, 0.3) is 0 Å². The summed E-state index contributed by atoms with van der Waals surface area (Å²) in [7, 11) is -2.38. The third-order valence-electron chi connectivity index (χ3n) is 3.75. The second-order valence-corrected chi connectivity index (χ2v) is 7.00. The minimum Gasteiger partial charge on any atom is -0.469 e. The van der Waals surface area contributed by atoms with Crippen LogP contribution in [-0.4, -0.2) is 31.9 Å². The van der Waals surface area contributed by atoms with E-state index in [1.807, 2.05) is 0 Å². The fourth-order valence-electron chi connectivity index (χ4n) is 2.64. The van der Waals surface area contributed by atoms with Gasteiger partial charge in [-0.2, -0.15) is 0 Å². The first kappa shape index (κ1) is 15.8. The summed E-state index contributed by atoms with van der Waals surface area (Å²) in [6, 6.07) is 6.46. The van der Waals surface area contributed by atoms with Gasteiger partial charge < -0.3 is 9.84 Å².